The molecule has 2 rings (SSSR count). The number of ether oxygens (including phenoxy) is 1. The molecule has 17 heavy (non-hydrogen) atoms. The summed E-state index contributed by atoms with van der Waals surface area (Å²) < 4.78 is 5.68. The number of amides is 1. The standard InChI is InChI=1S/C13H23NO3/c1-8-9(2)17-10(3)11(8)12(16)14-13(7-15)5-4-6-13/h8-11,15H,4-7H2,1-3H3,(H,14,16). The van der Waals surface area contributed by atoms with Crippen LogP contribution in [-0.4, -0.2) is 35.4 Å². The van der Waals surface area contributed by atoms with Crippen molar-refractivity contribution in [3.8, 4) is 0 Å². The van der Waals surface area contributed by atoms with Crippen LogP contribution in [0.15, 0.2) is 0 Å². The zero-order valence-electron chi connectivity index (χ0n) is 10.9. The number of carbonyl (C=O) groups is 1. The average molecular weight is 241 g/mol. The number of carbonyl (C=O) groups excluding carboxylic acids is 1. The highest BCUT2D eigenvalue weighted by Gasteiger charge is 2.45. The highest BCUT2D eigenvalue weighted by molar-refractivity contribution is 5.80. The molecule has 4 nitrogen and oxygen atoms in total. The van der Waals surface area contributed by atoms with E-state index in [9.17, 15) is 9.90 Å². The summed E-state index contributed by atoms with van der Waals surface area (Å²) in [5, 5.41) is 12.4. The quantitative estimate of drug-likeness (QED) is 0.777. The molecule has 2 fully saturated rings. The Kier molecular flexibility index (Phi) is 3.46. The van der Waals surface area contributed by atoms with Crippen molar-refractivity contribution >= 4 is 5.91 Å². The summed E-state index contributed by atoms with van der Waals surface area (Å²) in [6.45, 7) is 6.08. The first-order valence-electron chi connectivity index (χ1n) is 6.57. The summed E-state index contributed by atoms with van der Waals surface area (Å²) in [6.07, 6.45) is 2.97. The van der Waals surface area contributed by atoms with Gasteiger partial charge in [0.15, 0.2) is 0 Å². The Labute approximate surface area is 103 Å². The van der Waals surface area contributed by atoms with Crippen molar-refractivity contribution in [2.45, 2.75) is 57.8 Å². The van der Waals surface area contributed by atoms with Crippen molar-refractivity contribution in [1.29, 1.82) is 0 Å². The molecule has 0 aromatic carbocycles. The van der Waals surface area contributed by atoms with Gasteiger partial charge in [0.2, 0.25) is 5.91 Å². The molecule has 0 aromatic rings. The molecular weight excluding hydrogens is 218 g/mol. The summed E-state index contributed by atoms with van der Waals surface area (Å²) in [4.78, 5) is 12.3. The largest absolute Gasteiger partial charge is 0.394 e. The highest BCUT2D eigenvalue weighted by atomic mass is 16.5. The number of hydrogen-bond donors (Lipinski definition) is 2. The number of hydrogen-bond acceptors (Lipinski definition) is 3. The van der Waals surface area contributed by atoms with Crippen LogP contribution in [0.3, 0.4) is 0 Å². The van der Waals surface area contributed by atoms with Crippen molar-refractivity contribution in [3.63, 3.8) is 0 Å². The topological polar surface area (TPSA) is 58.6 Å². The van der Waals surface area contributed by atoms with Gasteiger partial charge in [0.05, 0.1) is 30.3 Å². The van der Waals surface area contributed by atoms with Gasteiger partial charge >= 0.3 is 0 Å². The molecule has 0 bridgehead atoms. The van der Waals surface area contributed by atoms with Crippen molar-refractivity contribution in [3.05, 3.63) is 0 Å². The molecule has 0 aromatic heterocycles. The third kappa shape index (κ3) is 2.20. The van der Waals surface area contributed by atoms with Gasteiger partial charge in [-0.3, -0.25) is 4.79 Å². The van der Waals surface area contributed by atoms with Crippen LogP contribution in [-0.2, 0) is 9.53 Å². The third-order valence-electron chi connectivity index (χ3n) is 4.55. The lowest BCUT2D eigenvalue weighted by molar-refractivity contribution is -0.131. The van der Waals surface area contributed by atoms with Crippen LogP contribution in [0.5, 0.6) is 0 Å². The van der Waals surface area contributed by atoms with Gasteiger partial charge in [0.25, 0.3) is 0 Å². The SMILES string of the molecule is CC1OC(C)C(C(=O)NC2(CO)CCC2)C1C. The third-order valence-corrected chi connectivity index (χ3v) is 4.55. The van der Waals surface area contributed by atoms with Crippen LogP contribution in [0.4, 0.5) is 0 Å². The predicted octanol–water partition coefficient (Wildman–Crippen LogP) is 1.08. The number of rotatable bonds is 3. The molecule has 1 saturated carbocycles. The van der Waals surface area contributed by atoms with E-state index in [1.807, 2.05) is 13.8 Å². The molecular formula is C13H23NO3. The summed E-state index contributed by atoms with van der Waals surface area (Å²) in [7, 11) is 0. The van der Waals surface area contributed by atoms with Gasteiger partial charge in [-0.2, -0.15) is 0 Å². The summed E-state index contributed by atoms with van der Waals surface area (Å²) >= 11 is 0. The normalized spacial score (nSPS) is 39.8. The maximum Gasteiger partial charge on any atom is 0.226 e. The lowest BCUT2D eigenvalue weighted by Gasteiger charge is -2.42. The minimum absolute atomic E-state index is 0.0316. The molecule has 4 atom stereocenters. The van der Waals surface area contributed by atoms with E-state index in [1.54, 1.807) is 0 Å². The van der Waals surface area contributed by atoms with E-state index in [2.05, 4.69) is 12.2 Å². The van der Waals surface area contributed by atoms with E-state index in [0.29, 0.717) is 0 Å². The minimum Gasteiger partial charge on any atom is -0.394 e. The number of aliphatic hydroxyl groups is 1. The van der Waals surface area contributed by atoms with Gasteiger partial charge in [0, 0.05) is 0 Å². The molecule has 1 aliphatic heterocycles. The van der Waals surface area contributed by atoms with Gasteiger partial charge in [-0.15, -0.1) is 0 Å². The Hall–Kier alpha value is -0.610. The van der Waals surface area contributed by atoms with Crippen LogP contribution in [0.1, 0.15) is 40.0 Å². The highest BCUT2D eigenvalue weighted by Crippen LogP contribution is 2.35. The van der Waals surface area contributed by atoms with E-state index in [0.717, 1.165) is 19.3 Å². The van der Waals surface area contributed by atoms with Crippen molar-refractivity contribution in [2.24, 2.45) is 11.8 Å². The molecule has 2 aliphatic rings. The monoisotopic (exact) mass is 241 g/mol. The fraction of sp³-hybridized carbons (Fsp3) is 0.923. The first-order chi connectivity index (χ1) is 7.99. The van der Waals surface area contributed by atoms with Crippen LogP contribution >= 0.6 is 0 Å². The summed E-state index contributed by atoms with van der Waals surface area (Å²) in [5.41, 5.74) is -0.345. The van der Waals surface area contributed by atoms with Gasteiger partial charge in [0.1, 0.15) is 0 Å². The van der Waals surface area contributed by atoms with Crippen molar-refractivity contribution in [1.82, 2.24) is 5.32 Å². The zero-order valence-corrected chi connectivity index (χ0v) is 10.9. The minimum atomic E-state index is -0.345. The Bertz CT molecular complexity index is 296. The lowest BCUT2D eigenvalue weighted by atomic mass is 9.76. The lowest BCUT2D eigenvalue weighted by Crippen LogP contribution is -2.58. The van der Waals surface area contributed by atoms with E-state index in [1.165, 1.54) is 0 Å². The molecule has 4 unspecified atom stereocenters. The number of nitrogens with one attached hydrogen (secondary N) is 1. The van der Waals surface area contributed by atoms with Crippen LogP contribution in [0.2, 0.25) is 0 Å². The molecule has 1 saturated heterocycles. The second-order valence-corrected chi connectivity index (χ2v) is 5.71. The van der Waals surface area contributed by atoms with Gasteiger partial charge in [-0.25, -0.2) is 0 Å². The molecule has 98 valence electrons. The molecule has 0 spiro atoms. The van der Waals surface area contributed by atoms with E-state index >= 15 is 0 Å². The maximum atomic E-state index is 12.3. The molecule has 4 heteroatoms. The van der Waals surface area contributed by atoms with Crippen LogP contribution in [0, 0.1) is 11.8 Å². The Morgan fingerprint density at radius 1 is 1.35 bits per heavy atom. The van der Waals surface area contributed by atoms with Crippen LogP contribution < -0.4 is 5.32 Å². The second kappa shape index (κ2) is 4.58. The Morgan fingerprint density at radius 3 is 2.35 bits per heavy atom. The molecule has 0 radical (unpaired) electrons. The maximum absolute atomic E-state index is 12.3. The molecule has 1 aliphatic carbocycles. The fourth-order valence-corrected chi connectivity index (χ4v) is 2.99. The van der Waals surface area contributed by atoms with E-state index in [4.69, 9.17) is 4.74 Å². The predicted molar refractivity (Wildman–Crippen MR) is 64.5 cm³/mol. The van der Waals surface area contributed by atoms with Crippen LogP contribution in [0.25, 0.3) is 0 Å². The Balaban J connectivity index is 2.00. The van der Waals surface area contributed by atoms with E-state index in [-0.39, 0.29) is 42.1 Å². The zero-order chi connectivity index (χ0) is 12.6. The Morgan fingerprint density at radius 2 is 2.00 bits per heavy atom. The molecule has 2 N–H and O–H groups in total. The average Bonchev–Trinajstić information content (AvgIpc) is 2.47. The number of aliphatic hydroxyl groups excluding tert-OH is 1. The first kappa shape index (κ1) is 12.8. The smallest absolute Gasteiger partial charge is 0.226 e. The van der Waals surface area contributed by atoms with Crippen molar-refractivity contribution < 1.29 is 14.6 Å². The second-order valence-electron chi connectivity index (χ2n) is 5.71. The van der Waals surface area contributed by atoms with E-state index < -0.39 is 0 Å². The van der Waals surface area contributed by atoms with Gasteiger partial charge in [-0.1, -0.05) is 6.92 Å². The first-order valence-corrected chi connectivity index (χ1v) is 6.57. The summed E-state index contributed by atoms with van der Waals surface area (Å²) in [5.74, 6) is 0.193. The molecule has 1 heterocycles. The van der Waals surface area contributed by atoms with Gasteiger partial charge < -0.3 is 15.2 Å². The fourth-order valence-electron chi connectivity index (χ4n) is 2.99. The van der Waals surface area contributed by atoms with Gasteiger partial charge in [-0.05, 0) is 39.0 Å². The van der Waals surface area contributed by atoms with Crippen molar-refractivity contribution in [2.75, 3.05) is 6.61 Å². The molecule has 1 amide bonds. The summed E-state index contributed by atoms with van der Waals surface area (Å²) in [6, 6.07) is 0.